The first-order valence-corrected chi connectivity index (χ1v) is 3.55. The molecule has 0 aliphatic rings. The van der Waals surface area contributed by atoms with Crippen molar-refractivity contribution in [3.63, 3.8) is 0 Å². The zero-order valence-electron chi connectivity index (χ0n) is 6.55. The number of rotatable bonds is 4. The van der Waals surface area contributed by atoms with E-state index in [1.165, 1.54) is 0 Å². The number of aliphatic hydroxyl groups excluding tert-OH is 1. The third-order valence-corrected chi connectivity index (χ3v) is 1.35. The Bertz CT molecular complexity index is 136. The SMILES string of the molecule is CC=C(CO)C(=O)CCC. The summed E-state index contributed by atoms with van der Waals surface area (Å²) in [6, 6.07) is 0. The molecule has 0 bridgehead atoms. The van der Waals surface area contributed by atoms with Gasteiger partial charge in [-0.05, 0) is 13.3 Å². The molecule has 0 atom stereocenters. The number of carbonyl (C=O) groups is 1. The van der Waals surface area contributed by atoms with Gasteiger partial charge in [-0.3, -0.25) is 4.79 Å². The normalized spacial score (nSPS) is 11.7. The summed E-state index contributed by atoms with van der Waals surface area (Å²) in [6.45, 7) is 3.58. The average molecular weight is 142 g/mol. The van der Waals surface area contributed by atoms with Gasteiger partial charge >= 0.3 is 0 Å². The summed E-state index contributed by atoms with van der Waals surface area (Å²) in [6.07, 6.45) is 3.05. The molecule has 0 amide bonds. The Morgan fingerprint density at radius 3 is 2.50 bits per heavy atom. The number of allylic oxidation sites excluding steroid dienone is 1. The molecule has 0 spiro atoms. The molecule has 10 heavy (non-hydrogen) atoms. The summed E-state index contributed by atoms with van der Waals surface area (Å²) < 4.78 is 0. The maximum absolute atomic E-state index is 11.0. The molecule has 58 valence electrons. The number of ketones is 1. The van der Waals surface area contributed by atoms with Gasteiger partial charge in [-0.15, -0.1) is 0 Å². The maximum atomic E-state index is 11.0. The molecular formula is C8H14O2. The second-order valence-corrected chi connectivity index (χ2v) is 2.15. The van der Waals surface area contributed by atoms with Crippen molar-refractivity contribution in [3.05, 3.63) is 11.6 Å². The Balaban J connectivity index is 3.91. The van der Waals surface area contributed by atoms with Crippen LogP contribution in [0.3, 0.4) is 0 Å². The highest BCUT2D eigenvalue weighted by Gasteiger charge is 2.04. The average Bonchev–Trinajstić information content (AvgIpc) is 1.91. The van der Waals surface area contributed by atoms with Crippen molar-refractivity contribution >= 4 is 5.78 Å². The van der Waals surface area contributed by atoms with Crippen LogP contribution < -0.4 is 0 Å². The van der Waals surface area contributed by atoms with E-state index < -0.39 is 0 Å². The fourth-order valence-electron chi connectivity index (χ4n) is 0.728. The first kappa shape index (κ1) is 9.37. The van der Waals surface area contributed by atoms with E-state index >= 15 is 0 Å². The number of hydrogen-bond acceptors (Lipinski definition) is 2. The number of aliphatic hydroxyl groups is 1. The summed E-state index contributed by atoms with van der Waals surface area (Å²) in [7, 11) is 0. The highest BCUT2D eigenvalue weighted by Crippen LogP contribution is 2.00. The van der Waals surface area contributed by atoms with E-state index in [9.17, 15) is 4.79 Å². The van der Waals surface area contributed by atoms with Crippen molar-refractivity contribution < 1.29 is 9.90 Å². The predicted octanol–water partition coefficient (Wildman–Crippen LogP) is 1.29. The Kier molecular flexibility index (Phi) is 4.85. The highest BCUT2D eigenvalue weighted by molar-refractivity contribution is 5.95. The standard InChI is InChI=1S/C8H14O2/c1-3-5-8(10)7(4-2)6-9/h4,9H,3,5-6H2,1-2H3. The van der Waals surface area contributed by atoms with Crippen LogP contribution in [0.25, 0.3) is 0 Å². The van der Waals surface area contributed by atoms with Crippen molar-refractivity contribution in [2.75, 3.05) is 6.61 Å². The summed E-state index contributed by atoms with van der Waals surface area (Å²) in [4.78, 5) is 11.0. The van der Waals surface area contributed by atoms with Crippen LogP contribution in [-0.2, 0) is 4.79 Å². The summed E-state index contributed by atoms with van der Waals surface area (Å²) >= 11 is 0. The molecule has 0 aromatic carbocycles. The fourth-order valence-corrected chi connectivity index (χ4v) is 0.728. The molecule has 0 aliphatic carbocycles. The first-order valence-electron chi connectivity index (χ1n) is 3.55. The minimum absolute atomic E-state index is 0.0625. The summed E-state index contributed by atoms with van der Waals surface area (Å²) in [5.41, 5.74) is 0.529. The highest BCUT2D eigenvalue weighted by atomic mass is 16.3. The minimum Gasteiger partial charge on any atom is -0.392 e. The van der Waals surface area contributed by atoms with Gasteiger partial charge < -0.3 is 5.11 Å². The van der Waals surface area contributed by atoms with E-state index in [0.717, 1.165) is 6.42 Å². The lowest BCUT2D eigenvalue weighted by Crippen LogP contribution is -2.05. The molecule has 0 aromatic rings. The molecule has 0 fully saturated rings. The van der Waals surface area contributed by atoms with Crippen LogP contribution in [0.2, 0.25) is 0 Å². The molecule has 0 aliphatic heterocycles. The van der Waals surface area contributed by atoms with E-state index in [1.54, 1.807) is 13.0 Å². The molecular weight excluding hydrogens is 128 g/mol. The Hall–Kier alpha value is -0.630. The van der Waals surface area contributed by atoms with Crippen LogP contribution in [-0.4, -0.2) is 17.5 Å². The fraction of sp³-hybridized carbons (Fsp3) is 0.625. The van der Waals surface area contributed by atoms with Crippen molar-refractivity contribution in [3.8, 4) is 0 Å². The van der Waals surface area contributed by atoms with Gasteiger partial charge in [-0.2, -0.15) is 0 Å². The Morgan fingerprint density at radius 1 is 1.60 bits per heavy atom. The van der Waals surface area contributed by atoms with Crippen LogP contribution in [0.15, 0.2) is 11.6 Å². The molecule has 0 heterocycles. The lowest BCUT2D eigenvalue weighted by atomic mass is 10.1. The molecule has 0 radical (unpaired) electrons. The summed E-state index contributed by atoms with van der Waals surface area (Å²) in [5, 5.41) is 8.63. The van der Waals surface area contributed by atoms with Gasteiger partial charge in [0.1, 0.15) is 0 Å². The molecule has 0 saturated heterocycles. The number of Topliss-reactive ketones (excluding diaryl/α,β-unsaturated/α-hetero) is 1. The zero-order valence-corrected chi connectivity index (χ0v) is 6.55. The molecule has 2 nitrogen and oxygen atoms in total. The van der Waals surface area contributed by atoms with Crippen molar-refractivity contribution in [2.24, 2.45) is 0 Å². The van der Waals surface area contributed by atoms with E-state index in [0.29, 0.717) is 12.0 Å². The van der Waals surface area contributed by atoms with Gasteiger partial charge in [0, 0.05) is 12.0 Å². The van der Waals surface area contributed by atoms with Crippen LogP contribution in [0.1, 0.15) is 26.7 Å². The first-order chi connectivity index (χ1) is 4.76. The molecule has 0 aromatic heterocycles. The van der Waals surface area contributed by atoms with E-state index in [1.807, 2.05) is 6.92 Å². The largest absolute Gasteiger partial charge is 0.392 e. The number of carbonyl (C=O) groups excluding carboxylic acids is 1. The van der Waals surface area contributed by atoms with Gasteiger partial charge in [0.15, 0.2) is 5.78 Å². The van der Waals surface area contributed by atoms with Crippen molar-refractivity contribution in [1.82, 2.24) is 0 Å². The van der Waals surface area contributed by atoms with E-state index in [2.05, 4.69) is 0 Å². The van der Waals surface area contributed by atoms with E-state index in [4.69, 9.17) is 5.11 Å². The van der Waals surface area contributed by atoms with Gasteiger partial charge in [0.25, 0.3) is 0 Å². The third kappa shape index (κ3) is 2.78. The minimum atomic E-state index is -0.130. The molecule has 0 rings (SSSR count). The number of hydrogen-bond donors (Lipinski definition) is 1. The zero-order chi connectivity index (χ0) is 7.98. The molecule has 1 N–H and O–H groups in total. The molecule has 0 saturated carbocycles. The smallest absolute Gasteiger partial charge is 0.160 e. The van der Waals surface area contributed by atoms with Crippen LogP contribution >= 0.6 is 0 Å². The van der Waals surface area contributed by atoms with Crippen LogP contribution in [0.5, 0.6) is 0 Å². The maximum Gasteiger partial charge on any atom is 0.160 e. The molecule has 2 heteroatoms. The van der Waals surface area contributed by atoms with Crippen molar-refractivity contribution in [2.45, 2.75) is 26.7 Å². The Morgan fingerprint density at radius 2 is 2.20 bits per heavy atom. The second kappa shape index (κ2) is 5.18. The Labute approximate surface area is 61.6 Å². The third-order valence-electron chi connectivity index (χ3n) is 1.35. The second-order valence-electron chi connectivity index (χ2n) is 2.15. The van der Waals surface area contributed by atoms with Crippen molar-refractivity contribution in [1.29, 1.82) is 0 Å². The quantitative estimate of drug-likeness (QED) is 0.600. The van der Waals surface area contributed by atoms with Gasteiger partial charge in [0.05, 0.1) is 6.61 Å². The monoisotopic (exact) mass is 142 g/mol. The van der Waals surface area contributed by atoms with E-state index in [-0.39, 0.29) is 12.4 Å². The lowest BCUT2D eigenvalue weighted by Gasteiger charge is -1.98. The predicted molar refractivity (Wildman–Crippen MR) is 40.8 cm³/mol. The van der Waals surface area contributed by atoms with Gasteiger partial charge in [0.2, 0.25) is 0 Å². The topological polar surface area (TPSA) is 37.3 Å². The lowest BCUT2D eigenvalue weighted by molar-refractivity contribution is -0.116. The van der Waals surface area contributed by atoms with Crippen LogP contribution in [0.4, 0.5) is 0 Å². The molecule has 0 unspecified atom stereocenters. The van der Waals surface area contributed by atoms with Gasteiger partial charge in [-0.1, -0.05) is 13.0 Å². The van der Waals surface area contributed by atoms with Gasteiger partial charge in [-0.25, -0.2) is 0 Å². The van der Waals surface area contributed by atoms with Crippen LogP contribution in [0, 0.1) is 0 Å². The summed E-state index contributed by atoms with van der Waals surface area (Å²) in [5.74, 6) is 0.0625.